The van der Waals surface area contributed by atoms with Gasteiger partial charge in [-0.2, -0.15) is 0 Å². The third-order valence-corrected chi connectivity index (χ3v) is 9.07. The molecule has 4 heterocycles. The number of rotatable bonds is 4. The van der Waals surface area contributed by atoms with E-state index in [1.165, 1.54) is 17.0 Å². The number of nitrogens with zero attached hydrogens (tertiary/aromatic N) is 2. The van der Waals surface area contributed by atoms with E-state index in [0.717, 1.165) is 22.8 Å². The van der Waals surface area contributed by atoms with Crippen LogP contribution in [0, 0.1) is 11.6 Å². The van der Waals surface area contributed by atoms with Crippen molar-refractivity contribution in [1.29, 1.82) is 0 Å². The molecule has 0 bridgehead atoms. The highest BCUT2D eigenvalue weighted by atomic mass is 19.1. The van der Waals surface area contributed by atoms with Crippen LogP contribution in [0.2, 0.25) is 0 Å². The summed E-state index contributed by atoms with van der Waals surface area (Å²) in [6.45, 7) is 0.732. The first-order valence-corrected chi connectivity index (χ1v) is 14.0. The van der Waals surface area contributed by atoms with Crippen LogP contribution in [-0.2, 0) is 37.4 Å². The molecule has 0 saturated carbocycles. The summed E-state index contributed by atoms with van der Waals surface area (Å²) >= 11 is 0. The minimum atomic E-state index is -0.893. The van der Waals surface area contributed by atoms with Crippen molar-refractivity contribution in [2.75, 3.05) is 36.9 Å². The number of pyridine rings is 1. The zero-order valence-electron chi connectivity index (χ0n) is 22.7. The highest BCUT2D eigenvalue weighted by Crippen LogP contribution is 2.47. The highest BCUT2D eigenvalue weighted by molar-refractivity contribution is 6.06. The number of carbonyl (C=O) groups is 3. The van der Waals surface area contributed by atoms with Gasteiger partial charge >= 0.3 is 0 Å². The molecule has 3 aromatic rings. The smallest absolute Gasteiger partial charge is 0.244 e. The number of aromatic nitrogens is 1. The van der Waals surface area contributed by atoms with E-state index >= 15 is 0 Å². The standard InChI is InChI=1S/C31H29F2N5O4/c32-21-10-19(11-22(33)13-21)25-16-35-31(5-8-42-9-6-31)29(41)38(25)17-26(39)36-23-4-3-18-14-30(15-20(18)12-23)24-2-1-7-34-27(24)37-28(30)40/h1-4,7,10-13,25,35H,5-6,8-9,14-17H2,(H,36,39)(H,34,37,40)/t25-,30-/m1/s1. The number of carbonyl (C=O) groups excluding carboxylic acids is 3. The van der Waals surface area contributed by atoms with Crippen molar-refractivity contribution in [2.45, 2.75) is 42.7 Å². The van der Waals surface area contributed by atoms with Crippen LogP contribution in [0.1, 0.15) is 41.1 Å². The monoisotopic (exact) mass is 573 g/mol. The molecule has 2 atom stereocenters. The highest BCUT2D eigenvalue weighted by Gasteiger charge is 2.51. The van der Waals surface area contributed by atoms with E-state index in [9.17, 15) is 23.2 Å². The average molecular weight is 574 g/mol. The van der Waals surface area contributed by atoms with Crippen LogP contribution in [0.25, 0.3) is 0 Å². The fourth-order valence-electron chi connectivity index (χ4n) is 6.95. The van der Waals surface area contributed by atoms with Gasteiger partial charge in [0.1, 0.15) is 29.5 Å². The summed E-state index contributed by atoms with van der Waals surface area (Å²) in [4.78, 5) is 46.0. The van der Waals surface area contributed by atoms with E-state index in [-0.39, 0.29) is 30.5 Å². The second kappa shape index (κ2) is 9.95. The van der Waals surface area contributed by atoms with Crippen molar-refractivity contribution in [3.63, 3.8) is 0 Å². The lowest BCUT2D eigenvalue weighted by Crippen LogP contribution is -2.67. The van der Waals surface area contributed by atoms with Crippen LogP contribution in [0.5, 0.6) is 0 Å². The van der Waals surface area contributed by atoms with Gasteiger partial charge in [-0.15, -0.1) is 0 Å². The van der Waals surface area contributed by atoms with Crippen molar-refractivity contribution < 1.29 is 27.9 Å². The van der Waals surface area contributed by atoms with Crippen LogP contribution in [0.4, 0.5) is 20.3 Å². The molecule has 3 aliphatic heterocycles. The Hall–Kier alpha value is -4.22. The van der Waals surface area contributed by atoms with Crippen LogP contribution >= 0.6 is 0 Å². The number of halogens is 2. The molecule has 3 amide bonds. The molecule has 1 aliphatic carbocycles. The normalized spacial score (nSPS) is 24.0. The Morgan fingerprint density at radius 1 is 1.05 bits per heavy atom. The van der Waals surface area contributed by atoms with E-state index < -0.39 is 34.5 Å². The van der Waals surface area contributed by atoms with Gasteiger partial charge < -0.3 is 25.6 Å². The number of piperazine rings is 1. The summed E-state index contributed by atoms with van der Waals surface area (Å²) in [5.74, 6) is -1.74. The minimum absolute atomic E-state index is 0.0860. The summed E-state index contributed by atoms with van der Waals surface area (Å²) in [6, 6.07) is 11.7. The molecule has 0 unspecified atom stereocenters. The van der Waals surface area contributed by atoms with Crippen LogP contribution in [-0.4, -0.2) is 59.4 Å². The summed E-state index contributed by atoms with van der Waals surface area (Å²) in [5, 5.41) is 9.09. The molecular formula is C31H29F2N5O4. The third kappa shape index (κ3) is 4.35. The fraction of sp³-hybridized carbons (Fsp3) is 0.355. The molecule has 216 valence electrons. The number of amides is 3. The number of hydrogen-bond donors (Lipinski definition) is 3. The Morgan fingerprint density at radius 2 is 1.81 bits per heavy atom. The first kappa shape index (κ1) is 26.7. The molecule has 2 aromatic carbocycles. The van der Waals surface area contributed by atoms with E-state index in [4.69, 9.17) is 4.74 Å². The number of hydrogen-bond acceptors (Lipinski definition) is 6. The van der Waals surface area contributed by atoms with Gasteiger partial charge in [0.05, 0.1) is 11.5 Å². The van der Waals surface area contributed by atoms with Gasteiger partial charge in [0.15, 0.2) is 0 Å². The average Bonchev–Trinajstić information content (AvgIpc) is 3.48. The van der Waals surface area contributed by atoms with Gasteiger partial charge in [-0.3, -0.25) is 14.4 Å². The quantitative estimate of drug-likeness (QED) is 0.443. The Kier molecular flexibility index (Phi) is 6.32. The topological polar surface area (TPSA) is 113 Å². The van der Waals surface area contributed by atoms with Gasteiger partial charge in [0.25, 0.3) is 0 Å². The fourth-order valence-corrected chi connectivity index (χ4v) is 6.95. The SMILES string of the molecule is O=C(CN1C(=O)C2(CCOCC2)NC[C@@H]1c1cc(F)cc(F)c1)Nc1ccc2c(c1)C[C@@]1(C2)C(=O)Nc2ncccc21. The molecule has 2 spiro atoms. The minimum Gasteiger partial charge on any atom is -0.381 e. The molecular weight excluding hydrogens is 544 g/mol. The van der Waals surface area contributed by atoms with Crippen molar-refractivity contribution >= 4 is 29.2 Å². The van der Waals surface area contributed by atoms with E-state index in [2.05, 4.69) is 20.9 Å². The van der Waals surface area contributed by atoms with Gasteiger partial charge in [-0.25, -0.2) is 13.8 Å². The summed E-state index contributed by atoms with van der Waals surface area (Å²) in [7, 11) is 0. The number of nitrogens with one attached hydrogen (secondary N) is 3. The lowest BCUT2D eigenvalue weighted by Gasteiger charge is -2.48. The second-order valence-corrected chi connectivity index (χ2v) is 11.5. The van der Waals surface area contributed by atoms with Crippen molar-refractivity contribution in [2.24, 2.45) is 0 Å². The molecule has 2 saturated heterocycles. The lowest BCUT2D eigenvalue weighted by atomic mass is 9.79. The van der Waals surface area contributed by atoms with Gasteiger partial charge in [0.2, 0.25) is 17.7 Å². The summed E-state index contributed by atoms with van der Waals surface area (Å²) in [6.07, 6.45) is 3.54. The van der Waals surface area contributed by atoms with Crippen molar-refractivity contribution in [3.8, 4) is 0 Å². The van der Waals surface area contributed by atoms with E-state index in [0.29, 0.717) is 50.4 Å². The Bertz CT molecular complexity index is 1600. The van der Waals surface area contributed by atoms with E-state index in [1.807, 2.05) is 24.3 Å². The number of benzene rings is 2. The second-order valence-electron chi connectivity index (χ2n) is 11.5. The summed E-state index contributed by atoms with van der Waals surface area (Å²) in [5.41, 5.74) is 2.03. The molecule has 0 radical (unpaired) electrons. The van der Waals surface area contributed by atoms with Crippen molar-refractivity contribution in [1.82, 2.24) is 15.2 Å². The third-order valence-electron chi connectivity index (χ3n) is 9.07. The zero-order valence-corrected chi connectivity index (χ0v) is 22.7. The molecule has 4 aliphatic rings. The zero-order chi connectivity index (χ0) is 29.1. The molecule has 42 heavy (non-hydrogen) atoms. The first-order valence-electron chi connectivity index (χ1n) is 14.0. The lowest BCUT2D eigenvalue weighted by molar-refractivity contribution is -0.152. The van der Waals surface area contributed by atoms with Gasteiger partial charge in [0, 0.05) is 43.3 Å². The van der Waals surface area contributed by atoms with Gasteiger partial charge in [-0.1, -0.05) is 12.1 Å². The Labute approximate surface area is 240 Å². The largest absolute Gasteiger partial charge is 0.381 e. The van der Waals surface area contributed by atoms with Crippen LogP contribution in [0.3, 0.4) is 0 Å². The maximum absolute atomic E-state index is 14.1. The Morgan fingerprint density at radius 3 is 2.60 bits per heavy atom. The molecule has 1 aromatic heterocycles. The van der Waals surface area contributed by atoms with E-state index in [1.54, 1.807) is 12.3 Å². The maximum Gasteiger partial charge on any atom is 0.244 e. The van der Waals surface area contributed by atoms with Crippen LogP contribution in [0.15, 0.2) is 54.7 Å². The van der Waals surface area contributed by atoms with Crippen molar-refractivity contribution in [3.05, 3.63) is 88.6 Å². The van der Waals surface area contributed by atoms with Gasteiger partial charge in [-0.05, 0) is 72.7 Å². The number of ether oxygens (including phenoxy) is 1. The predicted molar refractivity (Wildman–Crippen MR) is 149 cm³/mol. The molecule has 7 rings (SSSR count). The number of fused-ring (bicyclic) bond motifs is 3. The molecule has 11 heteroatoms. The molecule has 3 N–H and O–H groups in total. The molecule has 9 nitrogen and oxygen atoms in total. The number of anilines is 2. The molecule has 2 fully saturated rings. The maximum atomic E-state index is 14.1. The van der Waals surface area contributed by atoms with Crippen LogP contribution < -0.4 is 16.0 Å². The Balaban J connectivity index is 1.12. The summed E-state index contributed by atoms with van der Waals surface area (Å²) < 4.78 is 33.7. The predicted octanol–water partition coefficient (Wildman–Crippen LogP) is 3.01. The first-order chi connectivity index (χ1) is 20.3.